The van der Waals surface area contributed by atoms with Gasteiger partial charge in [-0.15, -0.1) is 0 Å². The van der Waals surface area contributed by atoms with Gasteiger partial charge >= 0.3 is 0 Å². The lowest BCUT2D eigenvalue weighted by molar-refractivity contribution is 0.662. The Morgan fingerprint density at radius 1 is 0.333 bits per heavy atom. The predicted octanol–water partition coefficient (Wildman–Crippen LogP) is 14.9. The van der Waals surface area contributed by atoms with E-state index in [2.05, 4.69) is 207 Å². The molecule has 0 saturated carbocycles. The van der Waals surface area contributed by atoms with Gasteiger partial charge in [0.1, 0.15) is 0 Å². The SMILES string of the molecule is CC1(C)c2cc3cc(N(c4ccc5ccccc5c4)c4ccc5ccccc5c4)ccc3cc2-c2c1cc(-c1ccc3ccccc3c1)c1ccccc21. The van der Waals surface area contributed by atoms with E-state index in [1.807, 2.05) is 0 Å². The Balaban J connectivity index is 1.09. The molecule has 10 aromatic carbocycles. The highest BCUT2D eigenvalue weighted by Crippen LogP contribution is 2.54. The normalized spacial score (nSPS) is 13.1. The lowest BCUT2D eigenvalue weighted by Crippen LogP contribution is -2.15. The lowest BCUT2D eigenvalue weighted by atomic mass is 9.80. The molecule has 0 bridgehead atoms. The van der Waals surface area contributed by atoms with Gasteiger partial charge in [-0.25, -0.2) is 0 Å². The Kier molecular flexibility index (Phi) is 6.66. The molecule has 0 fully saturated rings. The number of nitrogens with zero attached hydrogens (tertiary/aromatic N) is 1. The van der Waals surface area contributed by atoms with Gasteiger partial charge in [-0.3, -0.25) is 0 Å². The van der Waals surface area contributed by atoms with Crippen molar-refractivity contribution in [2.45, 2.75) is 19.3 Å². The van der Waals surface area contributed by atoms with Crippen molar-refractivity contribution in [1.82, 2.24) is 0 Å². The van der Waals surface area contributed by atoms with Crippen LogP contribution in [0, 0.1) is 0 Å². The summed E-state index contributed by atoms with van der Waals surface area (Å²) in [5, 5.41) is 12.6. The van der Waals surface area contributed by atoms with Crippen LogP contribution in [0.5, 0.6) is 0 Å². The summed E-state index contributed by atoms with van der Waals surface area (Å²) in [6.07, 6.45) is 0. The van der Waals surface area contributed by atoms with Crippen LogP contribution >= 0.6 is 0 Å². The second-order valence-corrected chi connectivity index (χ2v) is 15.4. The van der Waals surface area contributed by atoms with Gasteiger partial charge in [-0.05, 0) is 148 Å². The van der Waals surface area contributed by atoms with Gasteiger partial charge < -0.3 is 4.90 Å². The highest BCUT2D eigenvalue weighted by Gasteiger charge is 2.37. The van der Waals surface area contributed by atoms with Crippen LogP contribution in [-0.4, -0.2) is 0 Å². The fourth-order valence-corrected chi connectivity index (χ4v) is 9.13. The van der Waals surface area contributed by atoms with Crippen LogP contribution in [-0.2, 0) is 5.41 Å². The molecule has 54 heavy (non-hydrogen) atoms. The summed E-state index contributed by atoms with van der Waals surface area (Å²) >= 11 is 0. The molecule has 0 aromatic heterocycles. The molecule has 1 aliphatic carbocycles. The van der Waals surface area contributed by atoms with Crippen molar-refractivity contribution in [2.24, 2.45) is 0 Å². The molecule has 0 N–H and O–H groups in total. The summed E-state index contributed by atoms with van der Waals surface area (Å²) in [5.41, 5.74) is 11.3. The van der Waals surface area contributed by atoms with Crippen LogP contribution in [0.2, 0.25) is 0 Å². The molecule has 254 valence electrons. The molecule has 0 heterocycles. The maximum Gasteiger partial charge on any atom is 0.0468 e. The van der Waals surface area contributed by atoms with Crippen molar-refractivity contribution in [3.8, 4) is 22.3 Å². The summed E-state index contributed by atoms with van der Waals surface area (Å²) in [6, 6.07) is 69.8. The summed E-state index contributed by atoms with van der Waals surface area (Å²) < 4.78 is 0. The van der Waals surface area contributed by atoms with Crippen molar-refractivity contribution >= 4 is 70.9 Å². The van der Waals surface area contributed by atoms with Gasteiger partial charge in [0.15, 0.2) is 0 Å². The Hall–Kier alpha value is -6.70. The van der Waals surface area contributed by atoms with E-state index in [0.29, 0.717) is 0 Å². The van der Waals surface area contributed by atoms with Crippen molar-refractivity contribution in [3.63, 3.8) is 0 Å². The molecule has 0 saturated heterocycles. The van der Waals surface area contributed by atoms with Gasteiger partial charge in [0, 0.05) is 22.5 Å². The fourth-order valence-electron chi connectivity index (χ4n) is 9.13. The van der Waals surface area contributed by atoms with Crippen LogP contribution in [0.15, 0.2) is 188 Å². The van der Waals surface area contributed by atoms with E-state index in [0.717, 1.165) is 17.1 Å². The molecule has 0 spiro atoms. The highest BCUT2D eigenvalue weighted by molar-refractivity contribution is 6.11. The number of hydrogen-bond acceptors (Lipinski definition) is 1. The van der Waals surface area contributed by atoms with Gasteiger partial charge in [0.2, 0.25) is 0 Å². The van der Waals surface area contributed by atoms with E-state index in [-0.39, 0.29) is 5.41 Å². The van der Waals surface area contributed by atoms with Crippen molar-refractivity contribution in [1.29, 1.82) is 0 Å². The summed E-state index contributed by atoms with van der Waals surface area (Å²) in [6.45, 7) is 4.81. The fraction of sp³-hybridized carbons (Fsp3) is 0.0566. The third-order valence-electron chi connectivity index (χ3n) is 11.9. The second-order valence-electron chi connectivity index (χ2n) is 15.4. The van der Waals surface area contributed by atoms with E-state index >= 15 is 0 Å². The molecule has 0 atom stereocenters. The molecule has 1 nitrogen and oxygen atoms in total. The van der Waals surface area contributed by atoms with Crippen LogP contribution < -0.4 is 4.90 Å². The Morgan fingerprint density at radius 2 is 0.796 bits per heavy atom. The zero-order valence-electron chi connectivity index (χ0n) is 30.3. The zero-order valence-corrected chi connectivity index (χ0v) is 30.3. The largest absolute Gasteiger partial charge is 0.310 e. The zero-order chi connectivity index (χ0) is 36.0. The smallest absolute Gasteiger partial charge is 0.0468 e. The van der Waals surface area contributed by atoms with E-state index in [9.17, 15) is 0 Å². The summed E-state index contributed by atoms with van der Waals surface area (Å²) in [7, 11) is 0. The second kappa shape index (κ2) is 11.7. The van der Waals surface area contributed by atoms with Gasteiger partial charge in [0.25, 0.3) is 0 Å². The molecular formula is C53H37N. The molecule has 1 heteroatoms. The lowest BCUT2D eigenvalue weighted by Gasteiger charge is -2.27. The molecule has 0 aliphatic heterocycles. The topological polar surface area (TPSA) is 3.24 Å². The third-order valence-corrected chi connectivity index (χ3v) is 11.9. The minimum atomic E-state index is -0.180. The molecule has 1 aliphatic rings. The maximum absolute atomic E-state index is 2.49. The van der Waals surface area contributed by atoms with Crippen LogP contribution in [0.1, 0.15) is 25.0 Å². The molecule has 10 aromatic rings. The summed E-state index contributed by atoms with van der Waals surface area (Å²) in [5.74, 6) is 0. The summed E-state index contributed by atoms with van der Waals surface area (Å²) in [4.78, 5) is 2.41. The first-order valence-corrected chi connectivity index (χ1v) is 18.9. The van der Waals surface area contributed by atoms with Crippen LogP contribution in [0.4, 0.5) is 17.1 Å². The molecular weight excluding hydrogens is 651 g/mol. The molecule has 0 radical (unpaired) electrons. The Bertz CT molecular complexity index is 3070. The highest BCUT2D eigenvalue weighted by atomic mass is 15.1. The quantitative estimate of drug-likeness (QED) is 0.178. The number of fused-ring (bicyclic) bond motifs is 9. The molecule has 0 amide bonds. The van der Waals surface area contributed by atoms with Crippen molar-refractivity contribution in [3.05, 3.63) is 199 Å². The first kappa shape index (κ1) is 30.9. The minimum Gasteiger partial charge on any atom is -0.310 e. The Morgan fingerprint density at radius 3 is 1.41 bits per heavy atom. The van der Waals surface area contributed by atoms with Crippen molar-refractivity contribution < 1.29 is 0 Å². The van der Waals surface area contributed by atoms with Crippen LogP contribution in [0.25, 0.3) is 76.1 Å². The van der Waals surface area contributed by atoms with Gasteiger partial charge in [0.05, 0.1) is 0 Å². The maximum atomic E-state index is 2.49. The van der Waals surface area contributed by atoms with E-state index in [4.69, 9.17) is 0 Å². The predicted molar refractivity (Wildman–Crippen MR) is 232 cm³/mol. The van der Waals surface area contributed by atoms with Crippen LogP contribution in [0.3, 0.4) is 0 Å². The first-order chi connectivity index (χ1) is 26.5. The first-order valence-electron chi connectivity index (χ1n) is 18.9. The van der Waals surface area contributed by atoms with E-state index < -0.39 is 0 Å². The van der Waals surface area contributed by atoms with Gasteiger partial charge in [-0.1, -0.05) is 141 Å². The van der Waals surface area contributed by atoms with E-state index in [1.165, 1.54) is 87.2 Å². The number of benzene rings is 10. The number of rotatable bonds is 4. The average Bonchev–Trinajstić information content (AvgIpc) is 3.44. The van der Waals surface area contributed by atoms with Crippen molar-refractivity contribution in [2.75, 3.05) is 4.90 Å². The van der Waals surface area contributed by atoms with Gasteiger partial charge in [-0.2, -0.15) is 0 Å². The van der Waals surface area contributed by atoms with E-state index in [1.54, 1.807) is 0 Å². The molecule has 11 rings (SSSR count). The standard InChI is InChI=1S/C53H37N/c1-53(2)50-32-42-30-45(54(43-24-21-35-12-4-7-15-38(35)28-43)44-25-22-36-13-5-8-16-39(36)29-44)26-23-40(42)31-49(50)52-47-18-10-9-17-46(47)48(33-51(52)53)41-20-19-34-11-3-6-14-37(34)27-41/h3-33H,1-2H3. The average molecular weight is 688 g/mol. The molecule has 0 unspecified atom stereocenters. The minimum absolute atomic E-state index is 0.180. The Labute approximate surface area is 315 Å². The number of hydrogen-bond donors (Lipinski definition) is 0. The third kappa shape index (κ3) is 4.72. The monoisotopic (exact) mass is 687 g/mol. The number of anilines is 3.